The molecule has 0 aromatic heterocycles. The van der Waals surface area contributed by atoms with Gasteiger partial charge in [0.15, 0.2) is 5.78 Å². The highest BCUT2D eigenvalue weighted by atomic mass is 35.5. The molecule has 0 atom stereocenters. The number of morpholine rings is 1. The van der Waals surface area contributed by atoms with E-state index in [0.29, 0.717) is 0 Å². The zero-order valence-electron chi connectivity index (χ0n) is 10.5. The predicted octanol–water partition coefficient (Wildman–Crippen LogP) is 1.73. The average molecular weight is 271 g/mol. The molecule has 1 heterocycles. The molecule has 1 saturated heterocycles. The SMILES string of the molecule is CC(=O)c1ccc(N)c(CN2CCOCC2)c1.Cl. The van der Waals surface area contributed by atoms with Crippen molar-refractivity contribution < 1.29 is 9.53 Å². The molecule has 0 amide bonds. The van der Waals surface area contributed by atoms with Gasteiger partial charge in [0, 0.05) is 30.9 Å². The third-order valence-electron chi connectivity index (χ3n) is 3.05. The van der Waals surface area contributed by atoms with Crippen LogP contribution in [0.4, 0.5) is 5.69 Å². The molecule has 0 saturated carbocycles. The number of benzene rings is 1. The summed E-state index contributed by atoms with van der Waals surface area (Å²) in [6.45, 7) is 5.74. The summed E-state index contributed by atoms with van der Waals surface area (Å²) in [5, 5.41) is 0. The van der Waals surface area contributed by atoms with E-state index in [4.69, 9.17) is 10.5 Å². The summed E-state index contributed by atoms with van der Waals surface area (Å²) in [4.78, 5) is 13.6. The van der Waals surface area contributed by atoms with E-state index in [0.717, 1.165) is 49.7 Å². The van der Waals surface area contributed by atoms with Gasteiger partial charge in [-0.25, -0.2) is 0 Å². The first kappa shape index (κ1) is 15.0. The van der Waals surface area contributed by atoms with E-state index in [2.05, 4.69) is 4.90 Å². The summed E-state index contributed by atoms with van der Waals surface area (Å²) >= 11 is 0. The lowest BCUT2D eigenvalue weighted by molar-refractivity contribution is 0.0342. The Morgan fingerprint density at radius 3 is 2.67 bits per heavy atom. The number of Topliss-reactive ketones (excluding diaryl/α,β-unsaturated/α-hetero) is 1. The van der Waals surface area contributed by atoms with E-state index in [9.17, 15) is 4.79 Å². The second kappa shape index (κ2) is 6.73. The fourth-order valence-corrected chi connectivity index (χ4v) is 1.96. The van der Waals surface area contributed by atoms with Gasteiger partial charge in [0.05, 0.1) is 13.2 Å². The van der Waals surface area contributed by atoms with Crippen LogP contribution in [0, 0.1) is 0 Å². The molecule has 100 valence electrons. The number of ketones is 1. The highest BCUT2D eigenvalue weighted by Gasteiger charge is 2.13. The first-order valence-electron chi connectivity index (χ1n) is 5.86. The van der Waals surface area contributed by atoms with Crippen molar-refractivity contribution in [3.05, 3.63) is 29.3 Å². The first-order valence-corrected chi connectivity index (χ1v) is 5.86. The van der Waals surface area contributed by atoms with Crippen molar-refractivity contribution in [1.29, 1.82) is 0 Å². The number of nitrogen functional groups attached to an aromatic ring is 1. The number of carbonyl (C=O) groups excluding carboxylic acids is 1. The monoisotopic (exact) mass is 270 g/mol. The molecule has 0 spiro atoms. The molecule has 2 N–H and O–H groups in total. The van der Waals surface area contributed by atoms with Gasteiger partial charge in [-0.15, -0.1) is 12.4 Å². The maximum atomic E-state index is 11.3. The summed E-state index contributed by atoms with van der Waals surface area (Å²) in [7, 11) is 0. The largest absolute Gasteiger partial charge is 0.398 e. The van der Waals surface area contributed by atoms with E-state index < -0.39 is 0 Å². The first-order chi connectivity index (χ1) is 8.16. The molecule has 0 unspecified atom stereocenters. The summed E-state index contributed by atoms with van der Waals surface area (Å²) in [5.74, 6) is 0.0771. The van der Waals surface area contributed by atoms with Crippen LogP contribution >= 0.6 is 12.4 Å². The van der Waals surface area contributed by atoms with E-state index >= 15 is 0 Å². The predicted molar refractivity (Wildman–Crippen MR) is 74.2 cm³/mol. The molecule has 1 aliphatic rings. The highest BCUT2D eigenvalue weighted by molar-refractivity contribution is 5.94. The normalized spacial score (nSPS) is 16.1. The van der Waals surface area contributed by atoms with Gasteiger partial charge in [0.25, 0.3) is 0 Å². The summed E-state index contributed by atoms with van der Waals surface area (Å²) in [6, 6.07) is 5.49. The number of nitrogens with zero attached hydrogens (tertiary/aromatic N) is 1. The molecular weight excluding hydrogens is 252 g/mol. The summed E-state index contributed by atoms with van der Waals surface area (Å²) in [5.41, 5.74) is 8.44. The van der Waals surface area contributed by atoms with Gasteiger partial charge in [0.1, 0.15) is 0 Å². The molecular formula is C13H19ClN2O2. The topological polar surface area (TPSA) is 55.6 Å². The molecule has 1 aliphatic heterocycles. The Morgan fingerprint density at radius 2 is 2.06 bits per heavy atom. The fourth-order valence-electron chi connectivity index (χ4n) is 1.96. The van der Waals surface area contributed by atoms with Crippen LogP contribution in [0.1, 0.15) is 22.8 Å². The van der Waals surface area contributed by atoms with Crippen LogP contribution in [0.2, 0.25) is 0 Å². The number of anilines is 1. The lowest BCUT2D eigenvalue weighted by atomic mass is 10.1. The maximum absolute atomic E-state index is 11.3. The van der Waals surface area contributed by atoms with Crippen LogP contribution < -0.4 is 5.73 Å². The average Bonchev–Trinajstić information content (AvgIpc) is 2.33. The van der Waals surface area contributed by atoms with Crippen LogP contribution in [0.25, 0.3) is 0 Å². The van der Waals surface area contributed by atoms with Crippen LogP contribution in [-0.2, 0) is 11.3 Å². The molecule has 2 rings (SSSR count). The Morgan fingerprint density at radius 1 is 1.39 bits per heavy atom. The van der Waals surface area contributed by atoms with Crippen molar-refractivity contribution >= 4 is 23.9 Å². The number of nitrogens with two attached hydrogens (primary N) is 1. The molecule has 1 aromatic rings. The van der Waals surface area contributed by atoms with E-state index in [1.54, 1.807) is 13.0 Å². The Bertz CT molecular complexity index is 417. The minimum Gasteiger partial charge on any atom is -0.398 e. The number of rotatable bonds is 3. The van der Waals surface area contributed by atoms with Crippen molar-refractivity contribution in [2.45, 2.75) is 13.5 Å². The van der Waals surface area contributed by atoms with Gasteiger partial charge < -0.3 is 10.5 Å². The van der Waals surface area contributed by atoms with Crippen molar-refractivity contribution in [1.82, 2.24) is 4.90 Å². The molecule has 1 fully saturated rings. The van der Waals surface area contributed by atoms with E-state index in [1.807, 2.05) is 12.1 Å². The van der Waals surface area contributed by atoms with Crippen molar-refractivity contribution in [3.63, 3.8) is 0 Å². The lowest BCUT2D eigenvalue weighted by Crippen LogP contribution is -2.35. The van der Waals surface area contributed by atoms with Gasteiger partial charge in [-0.2, -0.15) is 0 Å². The van der Waals surface area contributed by atoms with Crippen LogP contribution in [0.5, 0.6) is 0 Å². The third kappa shape index (κ3) is 3.70. The second-order valence-corrected chi connectivity index (χ2v) is 4.36. The summed E-state index contributed by atoms with van der Waals surface area (Å²) < 4.78 is 5.30. The smallest absolute Gasteiger partial charge is 0.159 e. The number of hydrogen-bond acceptors (Lipinski definition) is 4. The van der Waals surface area contributed by atoms with E-state index in [1.165, 1.54) is 0 Å². The minimum absolute atomic E-state index is 0. The molecule has 1 aromatic carbocycles. The zero-order chi connectivity index (χ0) is 12.3. The Kier molecular flexibility index (Phi) is 5.59. The van der Waals surface area contributed by atoms with Crippen LogP contribution in [0.15, 0.2) is 18.2 Å². The van der Waals surface area contributed by atoms with Crippen molar-refractivity contribution in [3.8, 4) is 0 Å². The molecule has 18 heavy (non-hydrogen) atoms. The number of halogens is 1. The van der Waals surface area contributed by atoms with E-state index in [-0.39, 0.29) is 18.2 Å². The molecule has 5 heteroatoms. The molecule has 4 nitrogen and oxygen atoms in total. The van der Waals surface area contributed by atoms with Gasteiger partial charge in [-0.05, 0) is 30.7 Å². The summed E-state index contributed by atoms with van der Waals surface area (Å²) in [6.07, 6.45) is 0. The Labute approximate surface area is 114 Å². The Balaban J connectivity index is 0.00000162. The number of ether oxygens (including phenoxy) is 1. The molecule has 0 bridgehead atoms. The lowest BCUT2D eigenvalue weighted by Gasteiger charge is -2.27. The van der Waals surface area contributed by atoms with Crippen LogP contribution in [0.3, 0.4) is 0 Å². The second-order valence-electron chi connectivity index (χ2n) is 4.36. The quantitative estimate of drug-likeness (QED) is 0.671. The fraction of sp³-hybridized carbons (Fsp3) is 0.462. The third-order valence-corrected chi connectivity index (χ3v) is 3.05. The zero-order valence-corrected chi connectivity index (χ0v) is 11.3. The number of carbonyl (C=O) groups is 1. The minimum atomic E-state index is 0. The van der Waals surface area contributed by atoms with Crippen molar-refractivity contribution in [2.24, 2.45) is 0 Å². The highest BCUT2D eigenvalue weighted by Crippen LogP contribution is 2.17. The number of hydrogen-bond donors (Lipinski definition) is 1. The Hall–Kier alpha value is -1.10. The van der Waals surface area contributed by atoms with Crippen molar-refractivity contribution in [2.75, 3.05) is 32.0 Å². The van der Waals surface area contributed by atoms with Crippen LogP contribution in [-0.4, -0.2) is 37.0 Å². The molecule has 0 aliphatic carbocycles. The standard InChI is InChI=1S/C13H18N2O2.ClH/c1-10(16)11-2-3-13(14)12(8-11)9-15-4-6-17-7-5-15;/h2-3,8H,4-7,9,14H2,1H3;1H. The van der Waals surface area contributed by atoms with Gasteiger partial charge >= 0.3 is 0 Å². The van der Waals surface area contributed by atoms with Gasteiger partial charge in [-0.1, -0.05) is 0 Å². The van der Waals surface area contributed by atoms with Gasteiger partial charge in [-0.3, -0.25) is 9.69 Å². The maximum Gasteiger partial charge on any atom is 0.159 e. The molecule has 0 radical (unpaired) electrons. The van der Waals surface area contributed by atoms with Gasteiger partial charge in [0.2, 0.25) is 0 Å².